The van der Waals surface area contributed by atoms with Gasteiger partial charge in [0.25, 0.3) is 5.91 Å². The van der Waals surface area contributed by atoms with Gasteiger partial charge in [-0.15, -0.1) is 11.3 Å². The Morgan fingerprint density at radius 3 is 2.87 bits per heavy atom. The van der Waals surface area contributed by atoms with E-state index in [1.54, 1.807) is 35.8 Å². The van der Waals surface area contributed by atoms with Gasteiger partial charge in [-0.3, -0.25) is 14.5 Å². The van der Waals surface area contributed by atoms with Crippen LogP contribution in [-0.2, 0) is 4.79 Å². The summed E-state index contributed by atoms with van der Waals surface area (Å²) in [5.41, 5.74) is 0.591. The largest absolute Gasteiger partial charge is 0.503 e. The van der Waals surface area contributed by atoms with Gasteiger partial charge in [-0.25, -0.2) is 4.98 Å². The number of thiazole rings is 1. The molecule has 160 valence electrons. The van der Waals surface area contributed by atoms with Crippen LogP contribution in [0.2, 0.25) is 0 Å². The number of ether oxygens (including phenoxy) is 1. The van der Waals surface area contributed by atoms with E-state index in [2.05, 4.69) is 11.9 Å². The van der Waals surface area contributed by atoms with Crippen LogP contribution in [0.3, 0.4) is 0 Å². The summed E-state index contributed by atoms with van der Waals surface area (Å²) in [4.78, 5) is 31.7. The third kappa shape index (κ3) is 4.11. The number of nitrogens with zero attached hydrogens (tertiary/aromatic N) is 2. The third-order valence-corrected chi connectivity index (χ3v) is 5.78. The highest BCUT2D eigenvalue weighted by Crippen LogP contribution is 2.43. The number of hydrogen-bond donors (Lipinski definition) is 1. The molecule has 1 aliphatic rings. The molecule has 0 radical (unpaired) electrons. The molecule has 8 heteroatoms. The predicted molar refractivity (Wildman–Crippen MR) is 116 cm³/mol. The SMILES string of the molecule is CCCCCOc1cccc(C2C(C(=O)c3ccco3)=C(O)C(=O)N2c2nccs2)c1. The first kappa shape index (κ1) is 20.9. The van der Waals surface area contributed by atoms with Crippen LogP contribution in [0, 0.1) is 0 Å². The number of unbranched alkanes of at least 4 members (excludes halogenated alkanes) is 2. The maximum Gasteiger partial charge on any atom is 0.296 e. The van der Waals surface area contributed by atoms with Crippen LogP contribution in [0.15, 0.2) is 70.0 Å². The Morgan fingerprint density at radius 1 is 1.29 bits per heavy atom. The van der Waals surface area contributed by atoms with Crippen molar-refractivity contribution in [2.24, 2.45) is 0 Å². The van der Waals surface area contributed by atoms with Gasteiger partial charge in [0.2, 0.25) is 5.78 Å². The number of ketones is 1. The first-order chi connectivity index (χ1) is 15.1. The number of amides is 1. The summed E-state index contributed by atoms with van der Waals surface area (Å²) in [7, 11) is 0. The molecule has 1 aliphatic heterocycles. The number of rotatable bonds is 9. The molecule has 3 aromatic rings. The first-order valence-corrected chi connectivity index (χ1v) is 11.0. The molecule has 3 heterocycles. The van der Waals surface area contributed by atoms with Gasteiger partial charge in [-0.1, -0.05) is 31.9 Å². The average molecular weight is 439 g/mol. The van der Waals surface area contributed by atoms with Gasteiger partial charge in [-0.2, -0.15) is 0 Å². The smallest absolute Gasteiger partial charge is 0.296 e. The highest BCUT2D eigenvalue weighted by atomic mass is 32.1. The molecule has 4 rings (SSSR count). The quantitative estimate of drug-likeness (QED) is 0.370. The van der Waals surface area contributed by atoms with Crippen molar-refractivity contribution in [3.05, 3.63) is 76.9 Å². The molecule has 1 atom stereocenters. The molecule has 2 aromatic heterocycles. The maximum atomic E-state index is 13.2. The third-order valence-electron chi connectivity index (χ3n) is 5.01. The van der Waals surface area contributed by atoms with Crippen molar-refractivity contribution in [1.82, 2.24) is 4.98 Å². The molecule has 0 bridgehead atoms. The number of aliphatic hydroxyl groups is 1. The molecule has 0 fully saturated rings. The summed E-state index contributed by atoms with van der Waals surface area (Å²) in [5.74, 6) is -1.14. The highest BCUT2D eigenvalue weighted by molar-refractivity contribution is 7.13. The number of carbonyl (C=O) groups excluding carboxylic acids is 2. The summed E-state index contributed by atoms with van der Waals surface area (Å²) in [6, 6.07) is 9.46. The minimum atomic E-state index is -0.851. The minimum Gasteiger partial charge on any atom is -0.503 e. The number of anilines is 1. The number of carbonyl (C=O) groups is 2. The number of furan rings is 1. The van der Waals surface area contributed by atoms with Crippen LogP contribution in [0.4, 0.5) is 5.13 Å². The number of benzene rings is 1. The molecular weight excluding hydrogens is 416 g/mol. The van der Waals surface area contributed by atoms with Gasteiger partial charge in [-0.05, 0) is 36.2 Å². The molecule has 1 unspecified atom stereocenters. The van der Waals surface area contributed by atoms with E-state index >= 15 is 0 Å². The van der Waals surface area contributed by atoms with Crippen molar-refractivity contribution in [2.75, 3.05) is 11.5 Å². The normalized spacial score (nSPS) is 16.2. The van der Waals surface area contributed by atoms with E-state index in [-0.39, 0.29) is 11.3 Å². The van der Waals surface area contributed by atoms with Crippen LogP contribution in [0.1, 0.15) is 48.3 Å². The van der Waals surface area contributed by atoms with Gasteiger partial charge in [0.15, 0.2) is 16.7 Å². The van der Waals surface area contributed by atoms with Crippen LogP contribution >= 0.6 is 11.3 Å². The molecule has 0 saturated heterocycles. The lowest BCUT2D eigenvalue weighted by atomic mass is 9.95. The summed E-state index contributed by atoms with van der Waals surface area (Å²) in [5, 5.41) is 12.8. The lowest BCUT2D eigenvalue weighted by Gasteiger charge is -2.24. The van der Waals surface area contributed by atoms with Crippen LogP contribution in [0.25, 0.3) is 0 Å². The second-order valence-corrected chi connectivity index (χ2v) is 7.96. The van der Waals surface area contributed by atoms with Crippen molar-refractivity contribution in [1.29, 1.82) is 0 Å². The van der Waals surface area contributed by atoms with E-state index in [0.29, 0.717) is 23.1 Å². The Bertz CT molecular complexity index is 1090. The topological polar surface area (TPSA) is 92.9 Å². The number of aliphatic hydroxyl groups excluding tert-OH is 1. The van der Waals surface area contributed by atoms with Crippen molar-refractivity contribution < 1.29 is 23.8 Å². The zero-order chi connectivity index (χ0) is 21.8. The molecule has 1 aromatic carbocycles. The second-order valence-electron chi connectivity index (χ2n) is 7.09. The fourth-order valence-corrected chi connectivity index (χ4v) is 4.21. The van der Waals surface area contributed by atoms with Gasteiger partial charge >= 0.3 is 0 Å². The van der Waals surface area contributed by atoms with E-state index in [4.69, 9.17) is 9.15 Å². The fraction of sp³-hybridized carbons (Fsp3) is 0.261. The fourth-order valence-electron chi connectivity index (χ4n) is 3.54. The van der Waals surface area contributed by atoms with E-state index in [9.17, 15) is 14.7 Å². The summed E-state index contributed by atoms with van der Waals surface area (Å²) >= 11 is 1.25. The van der Waals surface area contributed by atoms with E-state index in [0.717, 1.165) is 19.3 Å². The minimum absolute atomic E-state index is 0.0433. The second kappa shape index (κ2) is 9.18. The number of Topliss-reactive ketones (excluding diaryl/α,β-unsaturated/α-hetero) is 1. The molecule has 1 N–H and O–H groups in total. The van der Waals surface area contributed by atoms with Crippen LogP contribution < -0.4 is 9.64 Å². The lowest BCUT2D eigenvalue weighted by Crippen LogP contribution is -2.30. The predicted octanol–water partition coefficient (Wildman–Crippen LogP) is 5.09. The molecule has 7 nitrogen and oxygen atoms in total. The van der Waals surface area contributed by atoms with Gasteiger partial charge in [0, 0.05) is 11.6 Å². The lowest BCUT2D eigenvalue weighted by molar-refractivity contribution is -0.117. The van der Waals surface area contributed by atoms with Crippen molar-refractivity contribution in [3.63, 3.8) is 0 Å². The Kier molecular flexibility index (Phi) is 6.18. The molecule has 31 heavy (non-hydrogen) atoms. The molecular formula is C23H22N2O5S. The summed E-state index contributed by atoms with van der Waals surface area (Å²) < 4.78 is 11.1. The van der Waals surface area contributed by atoms with Crippen LogP contribution in [-0.4, -0.2) is 28.4 Å². The molecule has 1 amide bonds. The molecule has 0 spiro atoms. The molecule has 0 aliphatic carbocycles. The maximum absolute atomic E-state index is 13.2. The Hall–Kier alpha value is -3.39. The first-order valence-electron chi connectivity index (χ1n) is 10.1. The van der Waals surface area contributed by atoms with Gasteiger partial charge in [0.05, 0.1) is 24.5 Å². The van der Waals surface area contributed by atoms with Gasteiger partial charge in [0.1, 0.15) is 5.75 Å². The zero-order valence-electron chi connectivity index (χ0n) is 17.0. The van der Waals surface area contributed by atoms with E-state index in [1.807, 2.05) is 6.07 Å². The summed E-state index contributed by atoms with van der Waals surface area (Å²) in [6.07, 6.45) is 6.06. The summed E-state index contributed by atoms with van der Waals surface area (Å²) in [6.45, 7) is 2.71. The van der Waals surface area contributed by atoms with Crippen molar-refractivity contribution in [3.8, 4) is 5.75 Å². The highest BCUT2D eigenvalue weighted by Gasteiger charge is 2.46. The Morgan fingerprint density at radius 2 is 2.16 bits per heavy atom. The average Bonchev–Trinajstić information content (AvgIpc) is 3.53. The van der Waals surface area contributed by atoms with Crippen molar-refractivity contribution in [2.45, 2.75) is 32.2 Å². The van der Waals surface area contributed by atoms with Gasteiger partial charge < -0.3 is 14.3 Å². The standard InChI is InChI=1S/C23H22N2O5S/c1-2-3-4-11-29-16-8-5-7-15(14-16)19-18(20(26)17-9-6-12-30-17)21(27)22(28)25(19)23-24-10-13-31-23/h5-10,12-14,19,27H,2-4,11H2,1H3. The number of hydrogen-bond acceptors (Lipinski definition) is 7. The van der Waals surface area contributed by atoms with E-state index in [1.165, 1.54) is 28.6 Å². The Balaban J connectivity index is 1.73. The van der Waals surface area contributed by atoms with Crippen LogP contribution in [0.5, 0.6) is 5.75 Å². The monoisotopic (exact) mass is 438 g/mol. The van der Waals surface area contributed by atoms with E-state index < -0.39 is 23.5 Å². The number of aromatic nitrogens is 1. The van der Waals surface area contributed by atoms with Crippen molar-refractivity contribution >= 4 is 28.2 Å². The molecule has 0 saturated carbocycles. The Labute approximate surface area is 183 Å². The zero-order valence-corrected chi connectivity index (χ0v) is 17.8.